The van der Waals surface area contributed by atoms with Crippen LogP contribution in [0.1, 0.15) is 33.1 Å². The van der Waals surface area contributed by atoms with Gasteiger partial charge in [0.2, 0.25) is 11.8 Å². The lowest BCUT2D eigenvalue weighted by atomic mass is 10.2. The zero-order valence-corrected chi connectivity index (χ0v) is 10.8. The van der Waals surface area contributed by atoms with Crippen molar-refractivity contribution in [2.45, 2.75) is 44.4 Å². The predicted octanol–water partition coefficient (Wildman–Crippen LogP) is 1.12. The maximum Gasteiger partial charge on any atom is 0.304 e. The van der Waals surface area contributed by atoms with Crippen LogP contribution in [0.15, 0.2) is 0 Å². The standard InChI is InChI=1S/C11H17NO4S/c1-3-7(2)12-9(13)6-8(11(12)16)17-5-4-10(14)15/h7-8H,3-6H2,1-2H3,(H,14,15). The monoisotopic (exact) mass is 259 g/mol. The summed E-state index contributed by atoms with van der Waals surface area (Å²) < 4.78 is 0. The zero-order chi connectivity index (χ0) is 13.0. The molecule has 1 heterocycles. The number of carboxylic acid groups (broad SMARTS) is 1. The number of aliphatic carboxylic acids is 1. The van der Waals surface area contributed by atoms with Crippen molar-refractivity contribution >= 4 is 29.5 Å². The summed E-state index contributed by atoms with van der Waals surface area (Å²) in [5, 5.41) is 8.12. The van der Waals surface area contributed by atoms with Crippen molar-refractivity contribution < 1.29 is 19.5 Å². The van der Waals surface area contributed by atoms with Crippen LogP contribution >= 0.6 is 11.8 Å². The molecule has 0 bridgehead atoms. The first kappa shape index (κ1) is 14.0. The molecule has 0 aromatic carbocycles. The summed E-state index contributed by atoms with van der Waals surface area (Å²) in [7, 11) is 0. The van der Waals surface area contributed by atoms with E-state index in [1.807, 2.05) is 13.8 Å². The Kier molecular flexibility index (Phi) is 4.99. The molecule has 2 amide bonds. The van der Waals surface area contributed by atoms with Crippen LogP contribution in [-0.4, -0.2) is 44.8 Å². The molecule has 2 unspecified atom stereocenters. The van der Waals surface area contributed by atoms with E-state index in [1.165, 1.54) is 16.7 Å². The molecule has 6 heteroatoms. The van der Waals surface area contributed by atoms with Gasteiger partial charge in [0.15, 0.2) is 0 Å². The van der Waals surface area contributed by atoms with Gasteiger partial charge in [0, 0.05) is 18.2 Å². The van der Waals surface area contributed by atoms with Crippen LogP contribution in [0.25, 0.3) is 0 Å². The lowest BCUT2D eigenvalue weighted by Crippen LogP contribution is -2.38. The number of hydrogen-bond acceptors (Lipinski definition) is 4. The summed E-state index contributed by atoms with van der Waals surface area (Å²) >= 11 is 1.26. The van der Waals surface area contributed by atoms with Crippen molar-refractivity contribution in [3.63, 3.8) is 0 Å². The van der Waals surface area contributed by atoms with Crippen LogP contribution in [0.4, 0.5) is 0 Å². The number of carbonyl (C=O) groups is 3. The number of likely N-dealkylation sites (tertiary alicyclic amines) is 1. The minimum Gasteiger partial charge on any atom is -0.481 e. The fraction of sp³-hybridized carbons (Fsp3) is 0.727. The molecular weight excluding hydrogens is 242 g/mol. The Morgan fingerprint density at radius 2 is 2.24 bits per heavy atom. The van der Waals surface area contributed by atoms with E-state index in [0.717, 1.165) is 6.42 Å². The minimum absolute atomic E-state index is 0.0198. The van der Waals surface area contributed by atoms with Gasteiger partial charge in [0.25, 0.3) is 0 Å². The number of carbonyl (C=O) groups excluding carboxylic acids is 2. The quantitative estimate of drug-likeness (QED) is 0.723. The molecule has 96 valence electrons. The fourth-order valence-electron chi connectivity index (χ4n) is 1.69. The van der Waals surface area contributed by atoms with Gasteiger partial charge >= 0.3 is 5.97 Å². The molecule has 17 heavy (non-hydrogen) atoms. The highest BCUT2D eigenvalue weighted by molar-refractivity contribution is 8.00. The fourth-order valence-corrected chi connectivity index (χ4v) is 2.78. The Labute approximate surface area is 105 Å². The van der Waals surface area contributed by atoms with Gasteiger partial charge in [-0.1, -0.05) is 6.92 Å². The minimum atomic E-state index is -0.881. The third-order valence-electron chi connectivity index (χ3n) is 2.81. The predicted molar refractivity (Wildman–Crippen MR) is 64.7 cm³/mol. The molecule has 1 rings (SSSR count). The van der Waals surface area contributed by atoms with Crippen molar-refractivity contribution in [1.29, 1.82) is 0 Å². The van der Waals surface area contributed by atoms with E-state index in [9.17, 15) is 14.4 Å². The summed E-state index contributed by atoms with van der Waals surface area (Å²) in [6.07, 6.45) is 0.962. The number of amides is 2. The average Bonchev–Trinajstić information content (AvgIpc) is 2.53. The Morgan fingerprint density at radius 3 is 2.76 bits per heavy atom. The first-order valence-corrected chi connectivity index (χ1v) is 6.71. The average molecular weight is 259 g/mol. The normalized spacial score (nSPS) is 22.0. The van der Waals surface area contributed by atoms with Gasteiger partial charge in [0.05, 0.1) is 11.7 Å². The molecule has 1 aliphatic heterocycles. The van der Waals surface area contributed by atoms with E-state index in [4.69, 9.17) is 5.11 Å². The molecule has 0 radical (unpaired) electrons. The van der Waals surface area contributed by atoms with Gasteiger partial charge < -0.3 is 5.11 Å². The second-order valence-electron chi connectivity index (χ2n) is 4.07. The van der Waals surface area contributed by atoms with E-state index in [-0.39, 0.29) is 30.7 Å². The molecule has 0 spiro atoms. The van der Waals surface area contributed by atoms with Crippen LogP contribution in [0.2, 0.25) is 0 Å². The van der Waals surface area contributed by atoms with Crippen molar-refractivity contribution in [2.24, 2.45) is 0 Å². The van der Waals surface area contributed by atoms with Crippen LogP contribution in [0, 0.1) is 0 Å². The summed E-state index contributed by atoms with van der Waals surface area (Å²) in [6, 6.07) is -0.0694. The number of nitrogens with zero attached hydrogens (tertiary/aromatic N) is 1. The van der Waals surface area contributed by atoms with Crippen molar-refractivity contribution in [3.8, 4) is 0 Å². The second-order valence-corrected chi connectivity index (χ2v) is 5.38. The van der Waals surface area contributed by atoms with Gasteiger partial charge in [0.1, 0.15) is 0 Å². The summed E-state index contributed by atoms with van der Waals surface area (Å²) in [6.45, 7) is 3.77. The van der Waals surface area contributed by atoms with E-state index < -0.39 is 11.2 Å². The van der Waals surface area contributed by atoms with E-state index in [0.29, 0.717) is 5.75 Å². The lowest BCUT2D eigenvalue weighted by molar-refractivity contribution is -0.141. The topological polar surface area (TPSA) is 74.7 Å². The highest BCUT2D eigenvalue weighted by Crippen LogP contribution is 2.27. The Bertz CT molecular complexity index is 331. The summed E-state index contributed by atoms with van der Waals surface area (Å²) in [5.41, 5.74) is 0. The van der Waals surface area contributed by atoms with E-state index in [1.54, 1.807) is 0 Å². The highest BCUT2D eigenvalue weighted by Gasteiger charge is 2.40. The first-order valence-electron chi connectivity index (χ1n) is 5.66. The van der Waals surface area contributed by atoms with Crippen molar-refractivity contribution in [2.75, 3.05) is 5.75 Å². The molecule has 1 aliphatic rings. The molecule has 5 nitrogen and oxygen atoms in total. The number of thioether (sulfide) groups is 1. The molecule has 1 N–H and O–H groups in total. The van der Waals surface area contributed by atoms with Crippen molar-refractivity contribution in [3.05, 3.63) is 0 Å². The van der Waals surface area contributed by atoms with Crippen LogP contribution in [0.3, 0.4) is 0 Å². The summed E-state index contributed by atoms with van der Waals surface area (Å²) in [5.74, 6) is -0.821. The number of hydrogen-bond donors (Lipinski definition) is 1. The molecular formula is C11H17NO4S. The van der Waals surface area contributed by atoms with E-state index in [2.05, 4.69) is 0 Å². The second kappa shape index (κ2) is 6.05. The maximum absolute atomic E-state index is 11.9. The lowest BCUT2D eigenvalue weighted by Gasteiger charge is -2.21. The molecule has 0 aromatic rings. The summed E-state index contributed by atoms with van der Waals surface area (Å²) in [4.78, 5) is 35.3. The first-order chi connectivity index (χ1) is 7.97. The Hall–Kier alpha value is -1.04. The number of rotatable bonds is 6. The largest absolute Gasteiger partial charge is 0.481 e. The molecule has 1 fully saturated rings. The third kappa shape index (κ3) is 3.46. The molecule has 0 aliphatic carbocycles. The molecule has 0 aromatic heterocycles. The van der Waals surface area contributed by atoms with Crippen molar-refractivity contribution in [1.82, 2.24) is 4.90 Å². The van der Waals surface area contributed by atoms with Gasteiger partial charge in [-0.2, -0.15) is 0 Å². The number of imide groups is 1. The van der Waals surface area contributed by atoms with Crippen LogP contribution in [-0.2, 0) is 14.4 Å². The zero-order valence-electron chi connectivity index (χ0n) is 10.0. The number of carboxylic acids is 1. The maximum atomic E-state index is 11.9. The molecule has 0 saturated carbocycles. The van der Waals surface area contributed by atoms with Gasteiger partial charge in [-0.05, 0) is 13.3 Å². The Balaban J connectivity index is 2.52. The van der Waals surface area contributed by atoms with Crippen LogP contribution < -0.4 is 0 Å². The third-order valence-corrected chi connectivity index (χ3v) is 4.02. The smallest absolute Gasteiger partial charge is 0.304 e. The Morgan fingerprint density at radius 1 is 1.59 bits per heavy atom. The highest BCUT2D eigenvalue weighted by atomic mass is 32.2. The molecule has 2 atom stereocenters. The van der Waals surface area contributed by atoms with Gasteiger partial charge in [-0.15, -0.1) is 11.8 Å². The SMILES string of the molecule is CCC(C)N1C(=O)CC(SCCC(=O)O)C1=O. The van der Waals surface area contributed by atoms with Crippen LogP contribution in [0.5, 0.6) is 0 Å². The van der Waals surface area contributed by atoms with Gasteiger partial charge in [-0.3, -0.25) is 19.3 Å². The van der Waals surface area contributed by atoms with Gasteiger partial charge in [-0.25, -0.2) is 0 Å². The molecule has 1 saturated heterocycles. The van der Waals surface area contributed by atoms with E-state index >= 15 is 0 Å².